The first kappa shape index (κ1) is 17.7. The highest BCUT2D eigenvalue weighted by Gasteiger charge is 2.57. The second-order valence-corrected chi connectivity index (χ2v) is 9.04. The molecule has 3 aliphatic rings. The fourth-order valence-corrected chi connectivity index (χ4v) is 4.50. The molecule has 0 aromatic heterocycles. The maximum Gasteiger partial charge on any atom is 0.410 e. The smallest absolute Gasteiger partial charge is 0.410 e. The topological polar surface area (TPSA) is 64.8 Å². The van der Waals surface area contributed by atoms with Crippen LogP contribution < -0.4 is 10.5 Å². The van der Waals surface area contributed by atoms with E-state index < -0.39 is 5.60 Å². The standard InChI is InChI=1S/C21H30N2O3/c1-20(2,3)26-19(24)23-11-8-15(9-12-23)25-16-6-4-5-14-7-10-21(18(14)16)13-17(21)22/h4-6,15,17H,7-13,22H2,1-3H3. The van der Waals surface area contributed by atoms with Crippen molar-refractivity contribution in [2.75, 3.05) is 13.1 Å². The molecule has 2 fully saturated rings. The van der Waals surface area contributed by atoms with Crippen LogP contribution >= 0.6 is 0 Å². The Morgan fingerprint density at radius 2 is 1.96 bits per heavy atom. The molecule has 142 valence electrons. The Kier molecular flexibility index (Phi) is 4.18. The van der Waals surface area contributed by atoms with Gasteiger partial charge in [-0.3, -0.25) is 0 Å². The molecule has 0 radical (unpaired) electrons. The molecule has 26 heavy (non-hydrogen) atoms. The van der Waals surface area contributed by atoms with Gasteiger partial charge in [-0.25, -0.2) is 4.79 Å². The van der Waals surface area contributed by atoms with E-state index in [1.54, 1.807) is 4.90 Å². The minimum Gasteiger partial charge on any atom is -0.490 e. The van der Waals surface area contributed by atoms with Crippen LogP contribution in [-0.4, -0.2) is 41.8 Å². The molecule has 2 aliphatic carbocycles. The first-order valence-corrected chi connectivity index (χ1v) is 9.81. The number of rotatable bonds is 2. The van der Waals surface area contributed by atoms with Crippen LogP contribution in [0.25, 0.3) is 0 Å². The minimum atomic E-state index is -0.452. The maximum absolute atomic E-state index is 12.2. The van der Waals surface area contributed by atoms with E-state index in [0.29, 0.717) is 13.1 Å². The predicted molar refractivity (Wildman–Crippen MR) is 100 cm³/mol. The second kappa shape index (κ2) is 6.15. The molecule has 4 rings (SSSR count). The van der Waals surface area contributed by atoms with Crippen molar-refractivity contribution in [3.8, 4) is 5.75 Å². The Hall–Kier alpha value is -1.75. The van der Waals surface area contributed by atoms with Crippen LogP contribution in [0, 0.1) is 0 Å². The van der Waals surface area contributed by atoms with Gasteiger partial charge in [-0.05, 0) is 51.7 Å². The van der Waals surface area contributed by atoms with E-state index in [-0.39, 0.29) is 23.7 Å². The monoisotopic (exact) mass is 358 g/mol. The average Bonchev–Trinajstić information content (AvgIpc) is 3.06. The molecule has 5 heteroatoms. The number of carbonyl (C=O) groups excluding carboxylic acids is 1. The molecule has 2 atom stereocenters. The van der Waals surface area contributed by atoms with Gasteiger partial charge in [0, 0.05) is 43.0 Å². The summed E-state index contributed by atoms with van der Waals surface area (Å²) in [7, 11) is 0. The maximum atomic E-state index is 12.2. The molecule has 2 N–H and O–H groups in total. The fraction of sp³-hybridized carbons (Fsp3) is 0.667. The summed E-state index contributed by atoms with van der Waals surface area (Å²) in [6.45, 7) is 7.05. The SMILES string of the molecule is CC(C)(C)OC(=O)N1CCC(Oc2cccc3c2C2(CC3)CC2N)CC1. The Balaban J connectivity index is 1.39. The number of nitrogens with zero attached hydrogens (tertiary/aromatic N) is 1. The van der Waals surface area contributed by atoms with Crippen molar-refractivity contribution < 1.29 is 14.3 Å². The van der Waals surface area contributed by atoms with Crippen LogP contribution in [0.5, 0.6) is 5.75 Å². The van der Waals surface area contributed by atoms with Crippen LogP contribution in [0.3, 0.4) is 0 Å². The summed E-state index contributed by atoms with van der Waals surface area (Å²) in [5, 5.41) is 0. The number of benzene rings is 1. The van der Waals surface area contributed by atoms with E-state index in [9.17, 15) is 4.79 Å². The predicted octanol–water partition coefficient (Wildman–Crippen LogP) is 3.38. The molecule has 2 unspecified atom stereocenters. The van der Waals surface area contributed by atoms with Gasteiger partial charge in [0.1, 0.15) is 17.5 Å². The van der Waals surface area contributed by atoms with Crippen molar-refractivity contribution in [3.63, 3.8) is 0 Å². The molecular formula is C21H30N2O3. The molecule has 1 heterocycles. The molecule has 1 spiro atoms. The Morgan fingerprint density at radius 3 is 2.58 bits per heavy atom. The van der Waals surface area contributed by atoms with Crippen molar-refractivity contribution in [1.82, 2.24) is 4.90 Å². The van der Waals surface area contributed by atoms with Crippen molar-refractivity contribution in [2.24, 2.45) is 5.73 Å². The van der Waals surface area contributed by atoms with E-state index in [1.807, 2.05) is 20.8 Å². The number of likely N-dealkylation sites (tertiary alicyclic amines) is 1. The second-order valence-electron chi connectivity index (χ2n) is 9.04. The number of carbonyl (C=O) groups is 1. The largest absolute Gasteiger partial charge is 0.490 e. The number of ether oxygens (including phenoxy) is 2. The third-order valence-electron chi connectivity index (χ3n) is 5.97. The number of hydrogen-bond acceptors (Lipinski definition) is 4. The van der Waals surface area contributed by atoms with E-state index in [0.717, 1.165) is 37.9 Å². The van der Waals surface area contributed by atoms with Gasteiger partial charge in [-0.2, -0.15) is 0 Å². The van der Waals surface area contributed by atoms with Gasteiger partial charge in [-0.15, -0.1) is 0 Å². The zero-order valence-corrected chi connectivity index (χ0v) is 16.1. The average molecular weight is 358 g/mol. The van der Waals surface area contributed by atoms with Crippen molar-refractivity contribution in [2.45, 2.75) is 76.0 Å². The first-order chi connectivity index (χ1) is 12.3. The summed E-state index contributed by atoms with van der Waals surface area (Å²) in [5.74, 6) is 1.02. The van der Waals surface area contributed by atoms with Gasteiger partial charge in [0.15, 0.2) is 0 Å². The van der Waals surface area contributed by atoms with Crippen molar-refractivity contribution >= 4 is 6.09 Å². The molecular weight excluding hydrogens is 328 g/mol. The summed E-state index contributed by atoms with van der Waals surface area (Å²) in [6.07, 6.45) is 4.94. The van der Waals surface area contributed by atoms with Crippen LogP contribution in [0.15, 0.2) is 18.2 Å². The van der Waals surface area contributed by atoms with Crippen molar-refractivity contribution in [3.05, 3.63) is 29.3 Å². The van der Waals surface area contributed by atoms with Gasteiger partial charge in [0.2, 0.25) is 0 Å². The lowest BCUT2D eigenvalue weighted by Crippen LogP contribution is -2.44. The summed E-state index contributed by atoms with van der Waals surface area (Å²) in [6, 6.07) is 6.68. The zero-order chi connectivity index (χ0) is 18.5. The van der Waals surface area contributed by atoms with Gasteiger partial charge in [-0.1, -0.05) is 12.1 Å². The number of aryl methyl sites for hydroxylation is 1. The molecule has 1 aromatic carbocycles. The van der Waals surface area contributed by atoms with Gasteiger partial charge in [0.25, 0.3) is 0 Å². The molecule has 5 nitrogen and oxygen atoms in total. The Labute approximate surface area is 155 Å². The van der Waals surface area contributed by atoms with E-state index in [2.05, 4.69) is 18.2 Å². The highest BCUT2D eigenvalue weighted by atomic mass is 16.6. The molecule has 1 saturated carbocycles. The molecule has 0 bridgehead atoms. The fourth-order valence-electron chi connectivity index (χ4n) is 4.50. The molecule has 1 amide bonds. The van der Waals surface area contributed by atoms with Gasteiger partial charge in [0.05, 0.1) is 0 Å². The third-order valence-corrected chi connectivity index (χ3v) is 5.97. The van der Waals surface area contributed by atoms with Crippen LogP contribution in [0.2, 0.25) is 0 Å². The van der Waals surface area contributed by atoms with E-state index >= 15 is 0 Å². The van der Waals surface area contributed by atoms with E-state index in [1.165, 1.54) is 11.1 Å². The zero-order valence-electron chi connectivity index (χ0n) is 16.1. The van der Waals surface area contributed by atoms with Crippen LogP contribution in [-0.2, 0) is 16.6 Å². The summed E-state index contributed by atoms with van der Waals surface area (Å²) in [4.78, 5) is 14.0. The molecule has 1 aliphatic heterocycles. The number of nitrogens with two attached hydrogens (primary N) is 1. The van der Waals surface area contributed by atoms with Gasteiger partial charge >= 0.3 is 6.09 Å². The lowest BCUT2D eigenvalue weighted by molar-refractivity contribution is 0.0125. The summed E-state index contributed by atoms with van der Waals surface area (Å²) < 4.78 is 11.9. The third kappa shape index (κ3) is 3.18. The lowest BCUT2D eigenvalue weighted by Gasteiger charge is -2.34. The van der Waals surface area contributed by atoms with Crippen LogP contribution in [0.1, 0.15) is 57.6 Å². The number of fused-ring (bicyclic) bond motifs is 2. The minimum absolute atomic E-state index is 0.146. The normalized spacial score (nSPS) is 28.2. The highest BCUT2D eigenvalue weighted by Crippen LogP contribution is 2.58. The summed E-state index contributed by atoms with van der Waals surface area (Å²) in [5.41, 5.74) is 8.75. The Morgan fingerprint density at radius 1 is 1.27 bits per heavy atom. The van der Waals surface area contributed by atoms with Crippen LogP contribution in [0.4, 0.5) is 4.79 Å². The van der Waals surface area contributed by atoms with Crippen molar-refractivity contribution in [1.29, 1.82) is 0 Å². The lowest BCUT2D eigenvalue weighted by atomic mass is 9.96. The highest BCUT2D eigenvalue weighted by molar-refractivity contribution is 5.68. The molecule has 1 aromatic rings. The summed E-state index contributed by atoms with van der Waals surface area (Å²) >= 11 is 0. The Bertz CT molecular complexity index is 704. The number of piperidine rings is 1. The first-order valence-electron chi connectivity index (χ1n) is 9.81. The van der Waals surface area contributed by atoms with Gasteiger partial charge < -0.3 is 20.1 Å². The number of amides is 1. The molecule has 1 saturated heterocycles. The quantitative estimate of drug-likeness (QED) is 0.880. The number of hydrogen-bond donors (Lipinski definition) is 1. The van der Waals surface area contributed by atoms with E-state index in [4.69, 9.17) is 15.2 Å².